The molecule has 80 valence electrons. The number of phenolic OH excluding ortho intramolecular Hbond substituents is 1. The molecule has 1 aromatic carbocycles. The van der Waals surface area contributed by atoms with Gasteiger partial charge in [0.15, 0.2) is 0 Å². The van der Waals surface area contributed by atoms with Crippen LogP contribution >= 0.6 is 0 Å². The summed E-state index contributed by atoms with van der Waals surface area (Å²) in [7, 11) is 0. The SMILES string of the molecule is O=C(NC1CCC1)c1ccc(F)cc1O. The van der Waals surface area contributed by atoms with Crippen molar-refractivity contribution in [1.29, 1.82) is 0 Å². The van der Waals surface area contributed by atoms with Crippen LogP contribution in [-0.2, 0) is 0 Å². The molecular formula is C11H12FNO2. The Morgan fingerprint density at radius 1 is 1.47 bits per heavy atom. The van der Waals surface area contributed by atoms with Crippen LogP contribution in [0.3, 0.4) is 0 Å². The van der Waals surface area contributed by atoms with E-state index in [-0.39, 0.29) is 23.3 Å². The minimum atomic E-state index is -0.548. The Bertz CT molecular complexity index is 388. The van der Waals surface area contributed by atoms with E-state index in [1.807, 2.05) is 0 Å². The fourth-order valence-corrected chi connectivity index (χ4v) is 1.51. The first-order valence-corrected chi connectivity index (χ1v) is 4.96. The summed E-state index contributed by atoms with van der Waals surface area (Å²) < 4.78 is 12.7. The maximum Gasteiger partial charge on any atom is 0.255 e. The normalized spacial score (nSPS) is 15.8. The summed E-state index contributed by atoms with van der Waals surface area (Å²) in [6, 6.07) is 3.60. The quantitative estimate of drug-likeness (QED) is 0.780. The van der Waals surface area contributed by atoms with E-state index in [2.05, 4.69) is 5.32 Å². The molecule has 4 heteroatoms. The Hall–Kier alpha value is -1.58. The lowest BCUT2D eigenvalue weighted by atomic mass is 9.93. The van der Waals surface area contributed by atoms with E-state index in [1.165, 1.54) is 6.07 Å². The molecule has 0 heterocycles. The standard InChI is InChI=1S/C11H12FNO2/c12-7-4-5-9(10(14)6-7)11(15)13-8-2-1-3-8/h4-6,8,14H,1-3H2,(H,13,15). The van der Waals surface area contributed by atoms with Crippen molar-refractivity contribution in [2.75, 3.05) is 0 Å². The van der Waals surface area contributed by atoms with Crippen molar-refractivity contribution >= 4 is 5.91 Å². The predicted molar refractivity (Wildman–Crippen MR) is 53.2 cm³/mol. The van der Waals surface area contributed by atoms with E-state index < -0.39 is 5.82 Å². The molecule has 3 nitrogen and oxygen atoms in total. The molecule has 0 aromatic heterocycles. The van der Waals surface area contributed by atoms with Gasteiger partial charge < -0.3 is 10.4 Å². The van der Waals surface area contributed by atoms with Crippen LogP contribution in [0.2, 0.25) is 0 Å². The lowest BCUT2D eigenvalue weighted by molar-refractivity contribution is 0.0914. The maximum absolute atomic E-state index is 12.7. The number of phenols is 1. The fourth-order valence-electron chi connectivity index (χ4n) is 1.51. The van der Waals surface area contributed by atoms with Crippen molar-refractivity contribution < 1.29 is 14.3 Å². The summed E-state index contributed by atoms with van der Waals surface area (Å²) in [5, 5.41) is 12.1. The van der Waals surface area contributed by atoms with Crippen LogP contribution in [0.5, 0.6) is 5.75 Å². The van der Waals surface area contributed by atoms with Crippen molar-refractivity contribution in [3.63, 3.8) is 0 Å². The first kappa shape index (κ1) is 9.96. The number of benzene rings is 1. The molecule has 1 aliphatic carbocycles. The van der Waals surface area contributed by atoms with Crippen molar-refractivity contribution in [1.82, 2.24) is 5.32 Å². The van der Waals surface area contributed by atoms with Crippen LogP contribution in [0.15, 0.2) is 18.2 Å². The number of amides is 1. The number of carbonyl (C=O) groups is 1. The van der Waals surface area contributed by atoms with Gasteiger partial charge in [0.05, 0.1) is 5.56 Å². The Morgan fingerprint density at radius 2 is 2.20 bits per heavy atom. The van der Waals surface area contributed by atoms with Gasteiger partial charge in [-0.2, -0.15) is 0 Å². The lowest BCUT2D eigenvalue weighted by Gasteiger charge is -2.26. The highest BCUT2D eigenvalue weighted by atomic mass is 19.1. The zero-order valence-corrected chi connectivity index (χ0v) is 8.16. The molecule has 1 saturated carbocycles. The number of halogens is 1. The molecule has 0 spiro atoms. The van der Waals surface area contributed by atoms with Gasteiger partial charge >= 0.3 is 0 Å². The Balaban J connectivity index is 2.10. The van der Waals surface area contributed by atoms with Crippen LogP contribution in [0.4, 0.5) is 4.39 Å². The smallest absolute Gasteiger partial charge is 0.255 e. The van der Waals surface area contributed by atoms with Crippen molar-refractivity contribution in [3.05, 3.63) is 29.6 Å². The largest absolute Gasteiger partial charge is 0.507 e. The van der Waals surface area contributed by atoms with Crippen molar-refractivity contribution in [2.24, 2.45) is 0 Å². The van der Waals surface area contributed by atoms with Crippen LogP contribution in [0.1, 0.15) is 29.6 Å². The third kappa shape index (κ3) is 2.09. The van der Waals surface area contributed by atoms with Gasteiger partial charge in [-0.1, -0.05) is 0 Å². The minimum Gasteiger partial charge on any atom is -0.507 e. The third-order valence-electron chi connectivity index (χ3n) is 2.64. The Labute approximate surface area is 86.9 Å². The molecule has 1 aromatic rings. The highest BCUT2D eigenvalue weighted by Crippen LogP contribution is 2.21. The lowest BCUT2D eigenvalue weighted by Crippen LogP contribution is -2.39. The van der Waals surface area contributed by atoms with Gasteiger partial charge in [-0.05, 0) is 31.4 Å². The highest BCUT2D eigenvalue weighted by Gasteiger charge is 2.21. The summed E-state index contributed by atoms with van der Waals surface area (Å²) in [4.78, 5) is 11.6. The Morgan fingerprint density at radius 3 is 2.73 bits per heavy atom. The van der Waals surface area contributed by atoms with E-state index in [9.17, 15) is 14.3 Å². The van der Waals surface area contributed by atoms with Gasteiger partial charge in [0.25, 0.3) is 5.91 Å². The van der Waals surface area contributed by atoms with E-state index >= 15 is 0 Å². The second-order valence-corrected chi connectivity index (χ2v) is 3.76. The molecular weight excluding hydrogens is 197 g/mol. The highest BCUT2D eigenvalue weighted by molar-refractivity contribution is 5.96. The third-order valence-corrected chi connectivity index (χ3v) is 2.64. The van der Waals surface area contributed by atoms with Crippen LogP contribution in [0, 0.1) is 5.82 Å². The molecule has 2 N–H and O–H groups in total. The number of rotatable bonds is 2. The average Bonchev–Trinajstić information content (AvgIpc) is 2.11. The molecule has 1 fully saturated rings. The molecule has 1 aliphatic rings. The van der Waals surface area contributed by atoms with Gasteiger partial charge in [0.2, 0.25) is 0 Å². The molecule has 0 atom stereocenters. The minimum absolute atomic E-state index is 0.128. The van der Waals surface area contributed by atoms with E-state index in [1.54, 1.807) is 0 Å². The molecule has 0 bridgehead atoms. The molecule has 0 radical (unpaired) electrons. The molecule has 0 aliphatic heterocycles. The van der Waals surface area contributed by atoms with Gasteiger partial charge in [-0.3, -0.25) is 4.79 Å². The zero-order chi connectivity index (χ0) is 10.8. The molecule has 1 amide bonds. The van der Waals surface area contributed by atoms with Crippen molar-refractivity contribution in [2.45, 2.75) is 25.3 Å². The van der Waals surface area contributed by atoms with Crippen molar-refractivity contribution in [3.8, 4) is 5.75 Å². The van der Waals surface area contributed by atoms with E-state index in [4.69, 9.17) is 0 Å². The number of nitrogens with one attached hydrogen (secondary N) is 1. The predicted octanol–water partition coefficient (Wildman–Crippen LogP) is 1.81. The summed E-state index contributed by atoms with van der Waals surface area (Å²) in [5.41, 5.74) is 0.128. The van der Waals surface area contributed by atoms with Gasteiger partial charge in [-0.25, -0.2) is 4.39 Å². The average molecular weight is 209 g/mol. The molecule has 0 unspecified atom stereocenters. The maximum atomic E-state index is 12.7. The first-order chi connectivity index (χ1) is 7.16. The fraction of sp³-hybridized carbons (Fsp3) is 0.364. The van der Waals surface area contributed by atoms with Gasteiger partial charge in [0, 0.05) is 12.1 Å². The summed E-state index contributed by atoms with van der Waals surface area (Å²) in [5.74, 6) is -1.20. The number of hydrogen-bond acceptors (Lipinski definition) is 2. The van der Waals surface area contributed by atoms with Crippen LogP contribution in [0.25, 0.3) is 0 Å². The second-order valence-electron chi connectivity index (χ2n) is 3.76. The molecule has 2 rings (SSSR count). The number of hydrogen-bond donors (Lipinski definition) is 2. The summed E-state index contributed by atoms with van der Waals surface area (Å²) in [6.45, 7) is 0. The second kappa shape index (κ2) is 3.88. The summed E-state index contributed by atoms with van der Waals surface area (Å²) >= 11 is 0. The zero-order valence-electron chi connectivity index (χ0n) is 8.16. The topological polar surface area (TPSA) is 49.3 Å². The first-order valence-electron chi connectivity index (χ1n) is 4.96. The van der Waals surface area contributed by atoms with E-state index in [0.29, 0.717) is 0 Å². The Kier molecular flexibility index (Phi) is 2.58. The molecule has 15 heavy (non-hydrogen) atoms. The number of carbonyl (C=O) groups excluding carboxylic acids is 1. The van der Waals surface area contributed by atoms with Gasteiger partial charge in [0.1, 0.15) is 11.6 Å². The molecule has 0 saturated heterocycles. The van der Waals surface area contributed by atoms with Crippen LogP contribution in [-0.4, -0.2) is 17.1 Å². The van der Waals surface area contributed by atoms with Gasteiger partial charge in [-0.15, -0.1) is 0 Å². The van der Waals surface area contributed by atoms with Crippen LogP contribution < -0.4 is 5.32 Å². The van der Waals surface area contributed by atoms with E-state index in [0.717, 1.165) is 31.4 Å². The summed E-state index contributed by atoms with van der Waals surface area (Å²) in [6.07, 6.45) is 3.09. The number of aromatic hydroxyl groups is 1. The monoisotopic (exact) mass is 209 g/mol.